The van der Waals surface area contributed by atoms with Crippen molar-refractivity contribution in [3.05, 3.63) is 70.8 Å². The first-order chi connectivity index (χ1) is 16.4. The van der Waals surface area contributed by atoms with Gasteiger partial charge >= 0.3 is 0 Å². The summed E-state index contributed by atoms with van der Waals surface area (Å²) in [5.74, 6) is -0.780. The lowest BCUT2D eigenvalue weighted by Crippen LogP contribution is -2.33. The molecule has 2 aromatic carbocycles. The van der Waals surface area contributed by atoms with Gasteiger partial charge in [0.25, 0.3) is 11.7 Å². The van der Waals surface area contributed by atoms with Crippen molar-refractivity contribution >= 4 is 17.4 Å². The van der Waals surface area contributed by atoms with E-state index in [1.165, 1.54) is 5.56 Å². The van der Waals surface area contributed by atoms with Crippen LogP contribution in [0.15, 0.2) is 54.1 Å². The van der Waals surface area contributed by atoms with Crippen molar-refractivity contribution in [3.63, 3.8) is 0 Å². The minimum atomic E-state index is -0.647. The van der Waals surface area contributed by atoms with E-state index >= 15 is 0 Å². The molecule has 1 unspecified atom stereocenters. The number of Topliss-reactive ketones (excluding diaryl/α,β-unsaturated/α-hetero) is 1. The minimum Gasteiger partial charge on any atom is -0.507 e. The lowest BCUT2D eigenvalue weighted by atomic mass is 9.94. The minimum absolute atomic E-state index is 0.130. The Hall–Kier alpha value is -3.12. The molecule has 1 heterocycles. The van der Waals surface area contributed by atoms with E-state index in [-0.39, 0.29) is 11.3 Å². The molecule has 6 nitrogen and oxygen atoms in total. The second-order valence-corrected chi connectivity index (χ2v) is 8.43. The van der Waals surface area contributed by atoms with Crippen LogP contribution in [0.25, 0.3) is 5.76 Å². The standard InChI is InChI=1S/C28H36N2O4/c1-5-20-13-15-21(16-14-20)25-24(26(31)22-11-9-12-23(19-22)34-8-4)27(32)28(33)30(25)18-10-17-29(6-2)7-3/h9,11-16,19,25,31H,5-8,10,17-18H2,1-4H3/b26-24+. The first-order valence-electron chi connectivity index (χ1n) is 12.3. The Kier molecular flexibility index (Phi) is 8.88. The van der Waals surface area contributed by atoms with Gasteiger partial charge in [0.2, 0.25) is 0 Å². The molecule has 3 rings (SSSR count). The van der Waals surface area contributed by atoms with Crippen LogP contribution in [0.3, 0.4) is 0 Å². The maximum Gasteiger partial charge on any atom is 0.295 e. The molecule has 0 bridgehead atoms. The highest BCUT2D eigenvalue weighted by atomic mass is 16.5. The second kappa shape index (κ2) is 11.8. The summed E-state index contributed by atoms with van der Waals surface area (Å²) in [5, 5.41) is 11.3. The van der Waals surface area contributed by atoms with Gasteiger partial charge in [-0.05, 0) is 62.7 Å². The summed E-state index contributed by atoms with van der Waals surface area (Å²) in [6.45, 7) is 11.8. The number of amides is 1. The van der Waals surface area contributed by atoms with Crippen LogP contribution in [0.1, 0.15) is 56.8 Å². The maximum absolute atomic E-state index is 13.2. The predicted octanol–water partition coefficient (Wildman–Crippen LogP) is 4.80. The Labute approximate surface area is 202 Å². The van der Waals surface area contributed by atoms with Gasteiger partial charge < -0.3 is 19.6 Å². The number of aryl methyl sites for hydroxylation is 1. The summed E-state index contributed by atoms with van der Waals surface area (Å²) in [5.41, 5.74) is 2.58. The molecule has 0 saturated carbocycles. The molecule has 2 aromatic rings. The Bertz CT molecular complexity index is 1020. The van der Waals surface area contributed by atoms with Crippen molar-refractivity contribution in [2.45, 2.75) is 46.6 Å². The zero-order valence-electron chi connectivity index (χ0n) is 20.7. The number of ketones is 1. The molecule has 1 amide bonds. The van der Waals surface area contributed by atoms with E-state index in [0.29, 0.717) is 24.5 Å². The monoisotopic (exact) mass is 464 g/mol. The highest BCUT2D eigenvalue weighted by molar-refractivity contribution is 6.46. The number of carbonyl (C=O) groups is 2. The van der Waals surface area contributed by atoms with Gasteiger partial charge in [-0.1, -0.05) is 57.2 Å². The van der Waals surface area contributed by atoms with Crippen molar-refractivity contribution in [2.24, 2.45) is 0 Å². The zero-order valence-corrected chi connectivity index (χ0v) is 20.7. The van der Waals surface area contributed by atoms with E-state index in [0.717, 1.165) is 38.0 Å². The van der Waals surface area contributed by atoms with Crippen LogP contribution in [-0.2, 0) is 16.0 Å². The summed E-state index contributed by atoms with van der Waals surface area (Å²) in [6.07, 6.45) is 1.65. The first kappa shape index (κ1) is 25.5. The van der Waals surface area contributed by atoms with E-state index in [2.05, 4.69) is 25.7 Å². The Morgan fingerprint density at radius 3 is 2.35 bits per heavy atom. The largest absolute Gasteiger partial charge is 0.507 e. The van der Waals surface area contributed by atoms with Gasteiger partial charge in [-0.2, -0.15) is 0 Å². The van der Waals surface area contributed by atoms with E-state index in [4.69, 9.17) is 4.74 Å². The van der Waals surface area contributed by atoms with Crippen molar-refractivity contribution in [1.82, 2.24) is 9.80 Å². The quantitative estimate of drug-likeness (QED) is 0.294. The molecule has 0 aromatic heterocycles. The van der Waals surface area contributed by atoms with Crippen LogP contribution >= 0.6 is 0 Å². The topological polar surface area (TPSA) is 70.1 Å². The Morgan fingerprint density at radius 2 is 1.74 bits per heavy atom. The number of nitrogens with zero attached hydrogens (tertiary/aromatic N) is 2. The molecular weight excluding hydrogens is 428 g/mol. The Balaban J connectivity index is 2.03. The molecule has 0 aliphatic carbocycles. The average molecular weight is 465 g/mol. The van der Waals surface area contributed by atoms with Gasteiger partial charge in [0.05, 0.1) is 18.2 Å². The number of benzene rings is 2. The third-order valence-corrected chi connectivity index (χ3v) is 6.43. The van der Waals surface area contributed by atoms with Crippen molar-refractivity contribution in [3.8, 4) is 5.75 Å². The van der Waals surface area contributed by atoms with Crippen molar-refractivity contribution in [2.75, 3.05) is 32.8 Å². The molecule has 1 aliphatic heterocycles. The molecule has 34 heavy (non-hydrogen) atoms. The SMILES string of the molecule is CCOc1cccc(/C(O)=C2\C(=O)C(=O)N(CCCN(CC)CC)C2c2ccc(CC)cc2)c1. The number of aliphatic hydroxyl groups is 1. The van der Waals surface area contributed by atoms with Gasteiger partial charge in [-0.25, -0.2) is 0 Å². The summed E-state index contributed by atoms with van der Waals surface area (Å²) < 4.78 is 5.56. The van der Waals surface area contributed by atoms with Gasteiger partial charge in [0.1, 0.15) is 11.5 Å². The van der Waals surface area contributed by atoms with Crippen molar-refractivity contribution in [1.29, 1.82) is 0 Å². The van der Waals surface area contributed by atoms with Crippen LogP contribution < -0.4 is 4.74 Å². The van der Waals surface area contributed by atoms with Crippen LogP contribution in [0.4, 0.5) is 0 Å². The van der Waals surface area contributed by atoms with E-state index in [1.807, 2.05) is 31.2 Å². The molecule has 1 N–H and O–H groups in total. The molecule has 1 aliphatic rings. The summed E-state index contributed by atoms with van der Waals surface area (Å²) in [4.78, 5) is 30.3. The lowest BCUT2D eigenvalue weighted by Gasteiger charge is -2.27. The van der Waals surface area contributed by atoms with Crippen LogP contribution in [0.5, 0.6) is 5.75 Å². The molecule has 0 radical (unpaired) electrons. The number of rotatable bonds is 11. The van der Waals surface area contributed by atoms with E-state index in [9.17, 15) is 14.7 Å². The first-order valence-corrected chi connectivity index (χ1v) is 12.3. The number of aliphatic hydroxyl groups excluding tert-OH is 1. The van der Waals surface area contributed by atoms with Gasteiger partial charge in [-0.15, -0.1) is 0 Å². The predicted molar refractivity (Wildman–Crippen MR) is 135 cm³/mol. The number of ether oxygens (including phenoxy) is 1. The molecule has 182 valence electrons. The van der Waals surface area contributed by atoms with Crippen LogP contribution in [-0.4, -0.2) is 59.4 Å². The van der Waals surface area contributed by atoms with Crippen molar-refractivity contribution < 1.29 is 19.4 Å². The van der Waals surface area contributed by atoms with Crippen LogP contribution in [0.2, 0.25) is 0 Å². The molecule has 6 heteroatoms. The number of hydrogen-bond donors (Lipinski definition) is 1. The fourth-order valence-corrected chi connectivity index (χ4v) is 4.45. The van der Waals surface area contributed by atoms with E-state index in [1.54, 1.807) is 29.2 Å². The second-order valence-electron chi connectivity index (χ2n) is 8.43. The maximum atomic E-state index is 13.2. The van der Waals surface area contributed by atoms with Crippen LogP contribution in [0, 0.1) is 0 Å². The number of hydrogen-bond acceptors (Lipinski definition) is 5. The summed E-state index contributed by atoms with van der Waals surface area (Å²) >= 11 is 0. The fraction of sp³-hybridized carbons (Fsp3) is 0.429. The zero-order chi connectivity index (χ0) is 24.7. The third-order valence-electron chi connectivity index (χ3n) is 6.43. The third kappa shape index (κ3) is 5.50. The highest BCUT2D eigenvalue weighted by Gasteiger charge is 2.45. The molecule has 1 saturated heterocycles. The number of carbonyl (C=O) groups excluding carboxylic acids is 2. The normalized spacial score (nSPS) is 17.6. The van der Waals surface area contributed by atoms with Gasteiger partial charge in [0.15, 0.2) is 0 Å². The highest BCUT2D eigenvalue weighted by Crippen LogP contribution is 2.40. The Morgan fingerprint density at radius 1 is 1.03 bits per heavy atom. The summed E-state index contributed by atoms with van der Waals surface area (Å²) in [6, 6.07) is 14.3. The smallest absolute Gasteiger partial charge is 0.295 e. The molecule has 1 fully saturated rings. The van der Waals surface area contributed by atoms with Gasteiger partial charge in [-0.3, -0.25) is 9.59 Å². The lowest BCUT2D eigenvalue weighted by molar-refractivity contribution is -0.140. The molecule has 1 atom stereocenters. The molecule has 0 spiro atoms. The fourth-order valence-electron chi connectivity index (χ4n) is 4.45. The molecular formula is C28H36N2O4. The van der Waals surface area contributed by atoms with E-state index < -0.39 is 17.7 Å². The van der Waals surface area contributed by atoms with Gasteiger partial charge in [0, 0.05) is 12.1 Å². The summed E-state index contributed by atoms with van der Waals surface area (Å²) in [7, 11) is 0. The average Bonchev–Trinajstić information content (AvgIpc) is 3.11. The number of likely N-dealkylation sites (tertiary alicyclic amines) is 1.